The molecule has 0 aliphatic rings. The molecule has 4 aromatic heterocycles. The highest BCUT2D eigenvalue weighted by Gasteiger charge is 2.35. The number of halogens is 6. The first-order valence-electron chi connectivity index (χ1n) is 9.52. The van der Waals surface area contributed by atoms with Crippen LogP contribution in [0.5, 0.6) is 0 Å². The third-order valence-electron chi connectivity index (χ3n) is 4.83. The first-order valence-corrected chi connectivity index (χ1v) is 11.2. The highest BCUT2D eigenvalue weighted by molar-refractivity contribution is 7.91. The number of hydrogen-bond donors (Lipinski definition) is 0. The summed E-state index contributed by atoms with van der Waals surface area (Å²) in [6.45, 7) is 2.74. The van der Waals surface area contributed by atoms with Crippen molar-refractivity contribution in [3.05, 3.63) is 53.7 Å². The van der Waals surface area contributed by atoms with E-state index in [9.17, 15) is 34.8 Å². The van der Waals surface area contributed by atoms with Crippen LogP contribution in [0.15, 0.2) is 41.6 Å². The number of sulfone groups is 1. The van der Waals surface area contributed by atoms with Crippen LogP contribution >= 0.6 is 0 Å². The molecule has 0 amide bonds. The number of nitrogens with zero attached hydrogens (tertiary/aromatic N) is 6. The van der Waals surface area contributed by atoms with Crippen LogP contribution in [0, 0.1) is 6.92 Å². The Hall–Kier alpha value is -3.49. The van der Waals surface area contributed by atoms with E-state index in [1.807, 2.05) is 0 Å². The topological polar surface area (TPSA) is 95.0 Å². The van der Waals surface area contributed by atoms with E-state index in [0.717, 1.165) is 33.7 Å². The summed E-state index contributed by atoms with van der Waals surface area (Å²) < 4.78 is 105. The van der Waals surface area contributed by atoms with Crippen LogP contribution in [0.2, 0.25) is 0 Å². The second-order valence-corrected chi connectivity index (χ2v) is 9.42. The zero-order valence-corrected chi connectivity index (χ0v) is 18.2. The third-order valence-corrected chi connectivity index (χ3v) is 6.59. The van der Waals surface area contributed by atoms with Crippen LogP contribution in [-0.2, 0) is 22.2 Å². The van der Waals surface area contributed by atoms with Gasteiger partial charge in [-0.3, -0.25) is 0 Å². The van der Waals surface area contributed by atoms with Crippen LogP contribution in [0.1, 0.15) is 24.0 Å². The van der Waals surface area contributed by atoms with Gasteiger partial charge in [0.25, 0.3) is 0 Å². The molecule has 0 aromatic carbocycles. The van der Waals surface area contributed by atoms with Gasteiger partial charge in [-0.25, -0.2) is 27.6 Å². The van der Waals surface area contributed by atoms with Crippen molar-refractivity contribution in [3.8, 4) is 17.1 Å². The molecule has 4 aromatic rings. The highest BCUT2D eigenvalue weighted by Crippen LogP contribution is 2.32. The van der Waals surface area contributed by atoms with Gasteiger partial charge in [-0.2, -0.15) is 36.5 Å². The second kappa shape index (κ2) is 7.78. The monoisotopic (exact) mass is 504 g/mol. The molecule has 15 heteroatoms. The lowest BCUT2D eigenvalue weighted by Crippen LogP contribution is -2.11. The molecule has 0 saturated heterocycles. The van der Waals surface area contributed by atoms with Gasteiger partial charge in [-0.1, -0.05) is 6.92 Å². The molecule has 0 unspecified atom stereocenters. The Morgan fingerprint density at radius 2 is 1.62 bits per heavy atom. The predicted octanol–water partition coefficient (Wildman–Crippen LogP) is 4.12. The molecule has 0 radical (unpaired) electrons. The lowest BCUT2D eigenvalue weighted by Gasteiger charge is -2.12. The lowest BCUT2D eigenvalue weighted by molar-refractivity contribution is -0.142. The molecule has 0 fully saturated rings. The SMILES string of the molecule is CCS(=O)(=O)c1ccc(-n2nc(C(F)(F)F)cc2C)nc1-c1cnc2cc(C(F)(F)F)nn2c1. The highest BCUT2D eigenvalue weighted by atomic mass is 32.2. The minimum Gasteiger partial charge on any atom is -0.236 e. The predicted molar refractivity (Wildman–Crippen MR) is 106 cm³/mol. The van der Waals surface area contributed by atoms with Crippen LogP contribution in [-0.4, -0.2) is 43.5 Å². The summed E-state index contributed by atoms with van der Waals surface area (Å²) >= 11 is 0. The van der Waals surface area contributed by atoms with E-state index in [-0.39, 0.29) is 39.1 Å². The Bertz CT molecular complexity index is 1500. The number of rotatable bonds is 4. The van der Waals surface area contributed by atoms with Crippen LogP contribution in [0.4, 0.5) is 26.3 Å². The van der Waals surface area contributed by atoms with E-state index < -0.39 is 33.6 Å². The fraction of sp³-hybridized carbons (Fsp3) is 0.263. The third kappa shape index (κ3) is 4.22. The molecule has 34 heavy (non-hydrogen) atoms. The molecule has 0 N–H and O–H groups in total. The van der Waals surface area contributed by atoms with Crippen molar-refractivity contribution < 1.29 is 34.8 Å². The van der Waals surface area contributed by atoms with E-state index in [1.165, 1.54) is 19.9 Å². The van der Waals surface area contributed by atoms with E-state index in [4.69, 9.17) is 0 Å². The average Bonchev–Trinajstić information content (AvgIpc) is 3.36. The minimum absolute atomic E-state index is 0.0148. The van der Waals surface area contributed by atoms with Crippen molar-refractivity contribution in [2.24, 2.45) is 0 Å². The maximum atomic E-state index is 13.1. The molecule has 0 saturated carbocycles. The van der Waals surface area contributed by atoms with Crippen molar-refractivity contribution in [3.63, 3.8) is 0 Å². The van der Waals surface area contributed by atoms with Crippen LogP contribution in [0.3, 0.4) is 0 Å². The van der Waals surface area contributed by atoms with E-state index >= 15 is 0 Å². The zero-order valence-electron chi connectivity index (χ0n) is 17.3. The van der Waals surface area contributed by atoms with Gasteiger partial charge in [0.2, 0.25) is 0 Å². The molecule has 0 atom stereocenters. The van der Waals surface area contributed by atoms with Gasteiger partial charge in [0.15, 0.2) is 32.7 Å². The molecule has 4 rings (SSSR count). The minimum atomic E-state index is -4.73. The van der Waals surface area contributed by atoms with Gasteiger partial charge >= 0.3 is 12.4 Å². The Labute approximate surface area is 187 Å². The number of aromatic nitrogens is 6. The molecule has 180 valence electrons. The van der Waals surface area contributed by atoms with Crippen LogP contribution in [0.25, 0.3) is 22.7 Å². The van der Waals surface area contributed by atoms with Crippen molar-refractivity contribution in [1.82, 2.24) is 29.4 Å². The number of pyridine rings is 1. The van der Waals surface area contributed by atoms with Gasteiger partial charge < -0.3 is 0 Å². The molecule has 8 nitrogen and oxygen atoms in total. The lowest BCUT2D eigenvalue weighted by atomic mass is 10.2. The summed E-state index contributed by atoms with van der Waals surface area (Å²) in [4.78, 5) is 7.81. The van der Waals surface area contributed by atoms with Crippen molar-refractivity contribution in [2.75, 3.05) is 5.75 Å². The molecule has 0 spiro atoms. The maximum Gasteiger partial charge on any atom is 0.435 e. The molecule has 0 aliphatic heterocycles. The van der Waals surface area contributed by atoms with Crippen molar-refractivity contribution >= 4 is 15.5 Å². The Balaban J connectivity index is 1.93. The van der Waals surface area contributed by atoms with Gasteiger partial charge in [-0.15, -0.1) is 0 Å². The fourth-order valence-electron chi connectivity index (χ4n) is 3.15. The Morgan fingerprint density at radius 1 is 0.971 bits per heavy atom. The molecule has 0 bridgehead atoms. The number of fused-ring (bicyclic) bond motifs is 1. The Kier molecular flexibility index (Phi) is 5.42. The van der Waals surface area contributed by atoms with Gasteiger partial charge in [0, 0.05) is 29.7 Å². The standard InChI is InChI=1S/C19H14F6N6O2S/c1-3-34(32,33)12-4-5-15(31-10(2)6-13(29-31)18(20,21)22)27-17(12)11-8-26-16-7-14(19(23,24)25)28-30(16)9-11/h4-9H,3H2,1-2H3. The second-order valence-electron chi connectivity index (χ2n) is 7.17. The van der Waals surface area contributed by atoms with Gasteiger partial charge in [0.1, 0.15) is 0 Å². The summed E-state index contributed by atoms with van der Waals surface area (Å²) in [6.07, 6.45) is -7.23. The smallest absolute Gasteiger partial charge is 0.236 e. The molecular weight excluding hydrogens is 490 g/mol. The van der Waals surface area contributed by atoms with Gasteiger partial charge in [-0.05, 0) is 25.1 Å². The summed E-state index contributed by atoms with van der Waals surface area (Å²) in [5.41, 5.74) is -2.68. The number of alkyl halides is 6. The van der Waals surface area contributed by atoms with E-state index in [2.05, 4.69) is 20.2 Å². The van der Waals surface area contributed by atoms with Crippen LogP contribution < -0.4 is 0 Å². The molecule has 0 aliphatic carbocycles. The van der Waals surface area contributed by atoms with E-state index in [0.29, 0.717) is 6.07 Å². The largest absolute Gasteiger partial charge is 0.435 e. The molecule has 4 heterocycles. The quantitative estimate of drug-likeness (QED) is 0.388. The maximum absolute atomic E-state index is 13.1. The first-order chi connectivity index (χ1) is 15.7. The number of aryl methyl sites for hydroxylation is 1. The summed E-state index contributed by atoms with van der Waals surface area (Å²) in [7, 11) is -3.89. The number of hydrogen-bond acceptors (Lipinski definition) is 6. The fourth-order valence-corrected chi connectivity index (χ4v) is 4.19. The van der Waals surface area contributed by atoms with Crippen molar-refractivity contribution in [1.29, 1.82) is 0 Å². The Morgan fingerprint density at radius 3 is 2.21 bits per heavy atom. The first kappa shape index (κ1) is 23.7. The van der Waals surface area contributed by atoms with Gasteiger partial charge in [0.05, 0.1) is 16.3 Å². The van der Waals surface area contributed by atoms with Crippen molar-refractivity contribution in [2.45, 2.75) is 31.1 Å². The zero-order chi connectivity index (χ0) is 25.1. The average molecular weight is 504 g/mol. The normalized spacial score (nSPS) is 13.1. The summed E-state index contributed by atoms with van der Waals surface area (Å²) in [5, 5.41) is 6.92. The summed E-state index contributed by atoms with van der Waals surface area (Å²) in [6, 6.07) is 3.85. The van der Waals surface area contributed by atoms with E-state index in [1.54, 1.807) is 0 Å². The molecular formula is C19H14F6N6O2S. The summed E-state index contributed by atoms with van der Waals surface area (Å²) in [5.74, 6) is -0.454.